The Morgan fingerprint density at radius 2 is 1.90 bits per heavy atom. The van der Waals surface area contributed by atoms with Gasteiger partial charge < -0.3 is 15.2 Å². The molecule has 0 aromatic heterocycles. The van der Waals surface area contributed by atoms with E-state index in [1.54, 1.807) is 19.2 Å². The van der Waals surface area contributed by atoms with E-state index in [9.17, 15) is 5.11 Å². The Kier molecular flexibility index (Phi) is 4.55. The van der Waals surface area contributed by atoms with Gasteiger partial charge in [0, 0.05) is 37.8 Å². The first-order valence-electron chi connectivity index (χ1n) is 7.25. The first-order chi connectivity index (χ1) is 9.43. The lowest BCUT2D eigenvalue weighted by molar-refractivity contribution is 0.0841. The van der Waals surface area contributed by atoms with Crippen molar-refractivity contribution >= 4 is 0 Å². The van der Waals surface area contributed by atoms with Crippen LogP contribution in [0.3, 0.4) is 0 Å². The quantitative estimate of drug-likeness (QED) is 0.891. The van der Waals surface area contributed by atoms with Crippen molar-refractivity contribution in [3.05, 3.63) is 23.8 Å². The number of nitrogens with zero attached hydrogens (tertiary/aromatic N) is 1. The van der Waals surface area contributed by atoms with Gasteiger partial charge in [-0.2, -0.15) is 0 Å². The smallest absolute Gasteiger partial charge is 0.120 e. The van der Waals surface area contributed by atoms with E-state index in [4.69, 9.17) is 4.74 Å². The topological polar surface area (TPSA) is 44.7 Å². The van der Waals surface area contributed by atoms with E-state index in [-0.39, 0.29) is 11.5 Å². The lowest BCUT2D eigenvalue weighted by Gasteiger charge is -2.42. The Bertz CT molecular complexity index is 448. The number of hydrogen-bond donors (Lipinski definition) is 2. The summed E-state index contributed by atoms with van der Waals surface area (Å²) in [5.74, 6) is 1.14. The highest BCUT2D eigenvalue weighted by molar-refractivity contribution is 5.42. The first kappa shape index (κ1) is 15.1. The summed E-state index contributed by atoms with van der Waals surface area (Å²) in [6.07, 6.45) is 0. The number of nitrogens with one attached hydrogen (secondary N) is 1. The molecule has 0 saturated carbocycles. The monoisotopic (exact) mass is 278 g/mol. The lowest BCUT2D eigenvalue weighted by atomic mass is 9.80. The maximum Gasteiger partial charge on any atom is 0.120 e. The standard InChI is InChI=1S/C16H26N2O2/c1-16(2,3)15(18-9-7-17-8-10-18)13-11-12(20-4)5-6-14(13)19/h5-6,11,15,17,19H,7-10H2,1-4H3/t15-/m1/s1. The van der Waals surface area contributed by atoms with Crippen LogP contribution in [0.25, 0.3) is 0 Å². The summed E-state index contributed by atoms with van der Waals surface area (Å²) < 4.78 is 5.32. The highest BCUT2D eigenvalue weighted by atomic mass is 16.5. The summed E-state index contributed by atoms with van der Waals surface area (Å²) in [6, 6.07) is 5.68. The molecule has 20 heavy (non-hydrogen) atoms. The van der Waals surface area contributed by atoms with Gasteiger partial charge in [-0.05, 0) is 23.6 Å². The summed E-state index contributed by atoms with van der Waals surface area (Å²) in [6.45, 7) is 10.7. The number of rotatable bonds is 3. The molecule has 0 amide bonds. The third kappa shape index (κ3) is 3.25. The number of phenols is 1. The Balaban J connectivity index is 2.40. The average molecular weight is 278 g/mol. The van der Waals surface area contributed by atoms with Crippen molar-refractivity contribution in [2.24, 2.45) is 5.41 Å². The molecule has 4 nitrogen and oxygen atoms in total. The molecule has 1 saturated heterocycles. The molecular formula is C16H26N2O2. The zero-order chi connectivity index (χ0) is 14.8. The minimum atomic E-state index is 0.0428. The molecule has 0 aliphatic carbocycles. The predicted octanol–water partition coefficient (Wildman–Crippen LogP) is 2.39. The van der Waals surface area contributed by atoms with Crippen LogP contribution in [0.2, 0.25) is 0 Å². The molecule has 1 aromatic carbocycles. The number of benzene rings is 1. The minimum Gasteiger partial charge on any atom is -0.508 e. The van der Waals surface area contributed by atoms with E-state index < -0.39 is 0 Å². The maximum absolute atomic E-state index is 10.3. The van der Waals surface area contributed by atoms with Crippen LogP contribution in [0, 0.1) is 5.41 Å². The van der Waals surface area contributed by atoms with Crippen molar-refractivity contribution < 1.29 is 9.84 Å². The molecule has 1 aliphatic rings. The van der Waals surface area contributed by atoms with Gasteiger partial charge >= 0.3 is 0 Å². The first-order valence-corrected chi connectivity index (χ1v) is 7.25. The Morgan fingerprint density at radius 3 is 2.45 bits per heavy atom. The summed E-state index contributed by atoms with van der Waals surface area (Å²) in [4.78, 5) is 2.45. The molecule has 4 heteroatoms. The largest absolute Gasteiger partial charge is 0.508 e. The van der Waals surface area contributed by atoms with Gasteiger partial charge in [-0.15, -0.1) is 0 Å². The molecule has 0 unspecified atom stereocenters. The minimum absolute atomic E-state index is 0.0428. The van der Waals surface area contributed by atoms with Gasteiger partial charge in [-0.3, -0.25) is 4.90 Å². The van der Waals surface area contributed by atoms with Crippen LogP contribution in [0.5, 0.6) is 11.5 Å². The number of aromatic hydroxyl groups is 1. The zero-order valence-electron chi connectivity index (χ0n) is 12.9. The van der Waals surface area contributed by atoms with Crippen LogP contribution in [0.1, 0.15) is 32.4 Å². The summed E-state index contributed by atoms with van der Waals surface area (Å²) in [5.41, 5.74) is 1.00. The molecule has 1 atom stereocenters. The fourth-order valence-electron chi connectivity index (χ4n) is 3.03. The van der Waals surface area contributed by atoms with E-state index in [1.165, 1.54) is 0 Å². The van der Waals surface area contributed by atoms with Crippen LogP contribution in [-0.2, 0) is 0 Å². The molecule has 1 fully saturated rings. The van der Waals surface area contributed by atoms with Gasteiger partial charge in [-0.25, -0.2) is 0 Å². The second-order valence-corrected chi connectivity index (χ2v) is 6.48. The second kappa shape index (κ2) is 6.02. The fourth-order valence-corrected chi connectivity index (χ4v) is 3.03. The number of ether oxygens (including phenoxy) is 1. The second-order valence-electron chi connectivity index (χ2n) is 6.48. The number of phenolic OH excluding ortho intramolecular Hbond substituents is 1. The third-order valence-corrected chi connectivity index (χ3v) is 3.87. The van der Waals surface area contributed by atoms with Crippen LogP contribution in [0.15, 0.2) is 18.2 Å². The molecule has 1 aliphatic heterocycles. The van der Waals surface area contributed by atoms with Crippen molar-refractivity contribution in [2.75, 3.05) is 33.3 Å². The van der Waals surface area contributed by atoms with E-state index in [0.717, 1.165) is 37.5 Å². The molecule has 0 spiro atoms. The summed E-state index contributed by atoms with van der Waals surface area (Å²) in [7, 11) is 1.66. The van der Waals surface area contributed by atoms with E-state index >= 15 is 0 Å². The highest BCUT2D eigenvalue weighted by Gasteiger charge is 2.34. The van der Waals surface area contributed by atoms with Gasteiger partial charge in [-0.1, -0.05) is 20.8 Å². The van der Waals surface area contributed by atoms with Crippen molar-refractivity contribution in [1.29, 1.82) is 0 Å². The predicted molar refractivity (Wildman–Crippen MR) is 81.3 cm³/mol. The zero-order valence-corrected chi connectivity index (χ0v) is 12.9. The molecular weight excluding hydrogens is 252 g/mol. The third-order valence-electron chi connectivity index (χ3n) is 3.87. The van der Waals surface area contributed by atoms with Gasteiger partial charge in [0.1, 0.15) is 11.5 Å². The molecule has 1 aromatic rings. The van der Waals surface area contributed by atoms with E-state index in [0.29, 0.717) is 5.75 Å². The van der Waals surface area contributed by atoms with Crippen LogP contribution in [-0.4, -0.2) is 43.3 Å². The molecule has 0 radical (unpaired) electrons. The van der Waals surface area contributed by atoms with Crippen molar-refractivity contribution in [1.82, 2.24) is 10.2 Å². The summed E-state index contributed by atoms with van der Waals surface area (Å²) in [5, 5.41) is 13.7. The number of hydrogen-bond acceptors (Lipinski definition) is 4. The van der Waals surface area contributed by atoms with Crippen molar-refractivity contribution in [2.45, 2.75) is 26.8 Å². The average Bonchev–Trinajstić information content (AvgIpc) is 2.41. The molecule has 112 valence electrons. The maximum atomic E-state index is 10.3. The van der Waals surface area contributed by atoms with Crippen LogP contribution >= 0.6 is 0 Å². The molecule has 2 N–H and O–H groups in total. The van der Waals surface area contributed by atoms with Gasteiger partial charge in [0.2, 0.25) is 0 Å². The number of piperazine rings is 1. The number of methoxy groups -OCH3 is 1. The highest BCUT2D eigenvalue weighted by Crippen LogP contribution is 2.42. The molecule has 0 bridgehead atoms. The Morgan fingerprint density at radius 1 is 1.25 bits per heavy atom. The van der Waals surface area contributed by atoms with Crippen LogP contribution < -0.4 is 10.1 Å². The van der Waals surface area contributed by atoms with Crippen LogP contribution in [0.4, 0.5) is 0 Å². The lowest BCUT2D eigenvalue weighted by Crippen LogP contribution is -2.48. The van der Waals surface area contributed by atoms with Crippen molar-refractivity contribution in [3.8, 4) is 11.5 Å². The van der Waals surface area contributed by atoms with Gasteiger partial charge in [0.15, 0.2) is 0 Å². The van der Waals surface area contributed by atoms with Gasteiger partial charge in [0.25, 0.3) is 0 Å². The van der Waals surface area contributed by atoms with E-state index in [2.05, 4.69) is 31.0 Å². The summed E-state index contributed by atoms with van der Waals surface area (Å²) >= 11 is 0. The van der Waals surface area contributed by atoms with Crippen molar-refractivity contribution in [3.63, 3.8) is 0 Å². The molecule has 1 heterocycles. The molecule has 2 rings (SSSR count). The van der Waals surface area contributed by atoms with E-state index in [1.807, 2.05) is 6.07 Å². The normalized spacial score (nSPS) is 18.8. The van der Waals surface area contributed by atoms with Gasteiger partial charge in [0.05, 0.1) is 7.11 Å². The fraction of sp³-hybridized carbons (Fsp3) is 0.625. The Hall–Kier alpha value is -1.26. The SMILES string of the molecule is COc1ccc(O)c([C@@H](N2CCNCC2)C(C)(C)C)c1. The Labute approximate surface area is 121 Å².